The summed E-state index contributed by atoms with van der Waals surface area (Å²) in [6.07, 6.45) is 0.449. The zero-order valence-corrected chi connectivity index (χ0v) is 12.1. The number of hydrogen-bond acceptors (Lipinski definition) is 4. The highest BCUT2D eigenvalue weighted by molar-refractivity contribution is 6.30. The minimum Gasteiger partial charge on any atom is -0.396 e. The number of amides is 1. The topological polar surface area (TPSA) is 80.0 Å². The molecule has 0 unspecified atom stereocenters. The van der Waals surface area contributed by atoms with Gasteiger partial charge in [-0.25, -0.2) is 9.07 Å². The van der Waals surface area contributed by atoms with Crippen LogP contribution >= 0.6 is 11.6 Å². The minimum absolute atomic E-state index is 0.0120. The molecule has 0 aliphatic heterocycles. The zero-order valence-electron chi connectivity index (χ0n) is 11.3. The third-order valence-electron chi connectivity index (χ3n) is 2.87. The summed E-state index contributed by atoms with van der Waals surface area (Å²) < 4.78 is 15.1. The summed E-state index contributed by atoms with van der Waals surface area (Å²) in [7, 11) is 0. The van der Waals surface area contributed by atoms with Gasteiger partial charge in [-0.05, 0) is 31.5 Å². The molecule has 2 aromatic rings. The SMILES string of the molecule is Cc1c(C(=O)NCCCO)nnn1-c1ccc(Cl)cc1F. The first-order valence-electron chi connectivity index (χ1n) is 6.31. The summed E-state index contributed by atoms with van der Waals surface area (Å²) >= 11 is 5.70. The van der Waals surface area contributed by atoms with Crippen molar-refractivity contribution in [1.82, 2.24) is 20.3 Å². The first-order chi connectivity index (χ1) is 10.0. The fourth-order valence-electron chi connectivity index (χ4n) is 1.79. The molecular weight excluding hydrogens is 299 g/mol. The average Bonchev–Trinajstić information content (AvgIpc) is 2.81. The van der Waals surface area contributed by atoms with Crippen molar-refractivity contribution in [2.45, 2.75) is 13.3 Å². The highest BCUT2D eigenvalue weighted by Gasteiger charge is 2.18. The molecule has 21 heavy (non-hydrogen) atoms. The molecule has 2 rings (SSSR count). The summed E-state index contributed by atoms with van der Waals surface area (Å²) in [6.45, 7) is 1.94. The molecule has 1 amide bonds. The van der Waals surface area contributed by atoms with Crippen LogP contribution in [0.2, 0.25) is 5.02 Å². The second kappa shape index (κ2) is 6.64. The van der Waals surface area contributed by atoms with E-state index >= 15 is 0 Å². The Hall–Kier alpha value is -1.99. The van der Waals surface area contributed by atoms with E-state index in [4.69, 9.17) is 16.7 Å². The average molecular weight is 313 g/mol. The van der Waals surface area contributed by atoms with E-state index in [0.717, 1.165) is 0 Å². The largest absolute Gasteiger partial charge is 0.396 e. The first-order valence-corrected chi connectivity index (χ1v) is 6.69. The highest BCUT2D eigenvalue weighted by Crippen LogP contribution is 2.19. The van der Waals surface area contributed by atoms with Gasteiger partial charge in [-0.3, -0.25) is 4.79 Å². The Morgan fingerprint density at radius 3 is 2.95 bits per heavy atom. The number of halogens is 2. The third kappa shape index (κ3) is 3.37. The minimum atomic E-state index is -0.553. The normalized spacial score (nSPS) is 10.7. The Labute approximate surface area is 125 Å². The van der Waals surface area contributed by atoms with Gasteiger partial charge in [0.2, 0.25) is 0 Å². The molecule has 6 nitrogen and oxygen atoms in total. The summed E-state index contributed by atoms with van der Waals surface area (Å²) in [6, 6.07) is 4.16. The molecule has 0 saturated heterocycles. The van der Waals surface area contributed by atoms with E-state index in [1.165, 1.54) is 22.9 Å². The van der Waals surface area contributed by atoms with E-state index in [-0.39, 0.29) is 23.0 Å². The quantitative estimate of drug-likeness (QED) is 0.820. The molecule has 0 saturated carbocycles. The van der Waals surface area contributed by atoms with Crippen molar-refractivity contribution >= 4 is 17.5 Å². The lowest BCUT2D eigenvalue weighted by Gasteiger charge is -2.06. The van der Waals surface area contributed by atoms with E-state index in [0.29, 0.717) is 18.7 Å². The highest BCUT2D eigenvalue weighted by atomic mass is 35.5. The van der Waals surface area contributed by atoms with Gasteiger partial charge in [0, 0.05) is 18.2 Å². The van der Waals surface area contributed by atoms with Crippen LogP contribution in [0.3, 0.4) is 0 Å². The van der Waals surface area contributed by atoms with Crippen LogP contribution in [0.15, 0.2) is 18.2 Å². The van der Waals surface area contributed by atoms with E-state index in [9.17, 15) is 9.18 Å². The van der Waals surface area contributed by atoms with E-state index in [1.54, 1.807) is 6.92 Å². The number of aliphatic hydroxyl groups excluding tert-OH is 1. The molecule has 1 aromatic heterocycles. The Kier molecular flexibility index (Phi) is 4.87. The maximum absolute atomic E-state index is 13.9. The van der Waals surface area contributed by atoms with Gasteiger partial charge < -0.3 is 10.4 Å². The second-order valence-corrected chi connectivity index (χ2v) is 4.80. The number of rotatable bonds is 5. The van der Waals surface area contributed by atoms with Gasteiger partial charge in [-0.15, -0.1) is 5.10 Å². The van der Waals surface area contributed by atoms with Crippen molar-refractivity contribution in [3.63, 3.8) is 0 Å². The van der Waals surface area contributed by atoms with Crippen LogP contribution in [0.4, 0.5) is 4.39 Å². The van der Waals surface area contributed by atoms with Crippen molar-refractivity contribution in [3.8, 4) is 5.69 Å². The fraction of sp³-hybridized carbons (Fsp3) is 0.308. The van der Waals surface area contributed by atoms with Gasteiger partial charge in [0.05, 0.1) is 5.69 Å². The van der Waals surface area contributed by atoms with Crippen LogP contribution in [0, 0.1) is 12.7 Å². The first kappa shape index (κ1) is 15.4. The number of hydrogen-bond donors (Lipinski definition) is 2. The van der Waals surface area contributed by atoms with Crippen molar-refractivity contribution in [1.29, 1.82) is 0 Å². The predicted octanol–water partition coefficient (Wildman–Crippen LogP) is 1.48. The monoisotopic (exact) mass is 312 g/mol. The molecule has 0 aliphatic rings. The molecule has 0 fully saturated rings. The Balaban J connectivity index is 2.26. The molecule has 8 heteroatoms. The van der Waals surface area contributed by atoms with Gasteiger partial charge >= 0.3 is 0 Å². The number of benzene rings is 1. The van der Waals surface area contributed by atoms with Gasteiger partial charge in [0.25, 0.3) is 5.91 Å². The van der Waals surface area contributed by atoms with Crippen LogP contribution < -0.4 is 5.32 Å². The molecule has 1 aromatic carbocycles. The van der Waals surface area contributed by atoms with Gasteiger partial charge in [-0.2, -0.15) is 0 Å². The molecule has 0 bridgehead atoms. The Bertz CT molecular complexity index is 660. The molecule has 112 valence electrons. The number of aliphatic hydroxyl groups is 1. The van der Waals surface area contributed by atoms with Crippen molar-refractivity contribution < 1.29 is 14.3 Å². The van der Waals surface area contributed by atoms with Crippen LogP contribution in [0.1, 0.15) is 22.6 Å². The Morgan fingerprint density at radius 1 is 1.52 bits per heavy atom. The molecule has 0 spiro atoms. The third-order valence-corrected chi connectivity index (χ3v) is 3.10. The van der Waals surface area contributed by atoms with E-state index in [2.05, 4.69) is 15.6 Å². The van der Waals surface area contributed by atoms with E-state index < -0.39 is 11.7 Å². The second-order valence-electron chi connectivity index (χ2n) is 4.36. The van der Waals surface area contributed by atoms with Crippen LogP contribution in [0.5, 0.6) is 0 Å². The molecular formula is C13H14ClFN4O2. The predicted molar refractivity (Wildman–Crippen MR) is 75.1 cm³/mol. The standard InChI is InChI=1S/C13H14ClFN4O2/c1-8-12(13(21)16-5-2-6-20)17-18-19(8)11-4-3-9(14)7-10(11)15/h3-4,7,20H,2,5-6H2,1H3,(H,16,21). The summed E-state index contributed by atoms with van der Waals surface area (Å²) in [4.78, 5) is 11.9. The maximum atomic E-state index is 13.9. The summed E-state index contributed by atoms with van der Waals surface area (Å²) in [5, 5.41) is 19.1. The van der Waals surface area contributed by atoms with Gasteiger partial charge in [-0.1, -0.05) is 16.8 Å². The maximum Gasteiger partial charge on any atom is 0.273 e. The molecule has 2 N–H and O–H groups in total. The molecule has 0 atom stereocenters. The van der Waals surface area contributed by atoms with Crippen molar-refractivity contribution in [2.75, 3.05) is 13.2 Å². The van der Waals surface area contributed by atoms with Crippen LogP contribution in [-0.2, 0) is 0 Å². The number of carbonyl (C=O) groups excluding carboxylic acids is 1. The van der Waals surface area contributed by atoms with E-state index in [1.807, 2.05) is 0 Å². The van der Waals surface area contributed by atoms with Gasteiger partial charge in [0.15, 0.2) is 5.69 Å². The van der Waals surface area contributed by atoms with Gasteiger partial charge in [0.1, 0.15) is 11.5 Å². The zero-order chi connectivity index (χ0) is 15.4. The summed E-state index contributed by atoms with van der Waals surface area (Å²) in [5.74, 6) is -0.968. The van der Waals surface area contributed by atoms with Crippen molar-refractivity contribution in [3.05, 3.63) is 40.4 Å². The lowest BCUT2D eigenvalue weighted by atomic mass is 10.2. The number of nitrogens with one attached hydrogen (secondary N) is 1. The number of aromatic nitrogens is 3. The smallest absolute Gasteiger partial charge is 0.273 e. The van der Waals surface area contributed by atoms with Crippen LogP contribution in [-0.4, -0.2) is 39.2 Å². The fourth-order valence-corrected chi connectivity index (χ4v) is 1.94. The van der Waals surface area contributed by atoms with Crippen molar-refractivity contribution in [2.24, 2.45) is 0 Å². The lowest BCUT2D eigenvalue weighted by molar-refractivity contribution is 0.0945. The summed E-state index contributed by atoms with van der Waals surface area (Å²) in [5.41, 5.74) is 0.693. The lowest BCUT2D eigenvalue weighted by Crippen LogP contribution is -2.26. The molecule has 1 heterocycles. The Morgan fingerprint density at radius 2 is 2.29 bits per heavy atom. The van der Waals surface area contributed by atoms with Crippen LogP contribution in [0.25, 0.3) is 5.69 Å². The molecule has 0 radical (unpaired) electrons. The molecule has 0 aliphatic carbocycles. The number of nitrogens with zero attached hydrogens (tertiary/aromatic N) is 3. The number of carbonyl (C=O) groups is 1.